The molecule has 1 amide bonds. The van der Waals surface area contributed by atoms with Gasteiger partial charge < -0.3 is 24.1 Å². The lowest BCUT2D eigenvalue weighted by atomic mass is 9.37. The molecule has 3 spiro atoms. The van der Waals surface area contributed by atoms with Gasteiger partial charge in [0.25, 0.3) is 0 Å². The van der Waals surface area contributed by atoms with Crippen LogP contribution in [0.1, 0.15) is 44.1 Å². The number of carbonyl (C=O) groups excluding carboxylic acids is 2. The third-order valence-electron chi connectivity index (χ3n) is 9.83. The highest BCUT2D eigenvalue weighted by molar-refractivity contribution is 6.01. The molecule has 3 aliphatic heterocycles. The van der Waals surface area contributed by atoms with E-state index < -0.39 is 28.6 Å². The van der Waals surface area contributed by atoms with Gasteiger partial charge in [-0.3, -0.25) is 9.80 Å². The largest absolute Gasteiger partial charge is 0.493 e. The molecule has 3 heterocycles. The number of amides is 1. The summed E-state index contributed by atoms with van der Waals surface area (Å²) in [4.78, 5) is 31.2. The lowest BCUT2D eigenvalue weighted by molar-refractivity contribution is -0.227. The minimum atomic E-state index is -1.89. The summed E-state index contributed by atoms with van der Waals surface area (Å²) in [6.07, 6.45) is 3.60. The molecule has 5 atom stereocenters. The third kappa shape index (κ3) is 2.03. The van der Waals surface area contributed by atoms with Crippen LogP contribution in [0.25, 0.3) is 0 Å². The molecule has 7 rings (SSSR count). The zero-order valence-corrected chi connectivity index (χ0v) is 20.2. The summed E-state index contributed by atoms with van der Waals surface area (Å²) in [5.74, 6) is 0.189. The molecule has 3 saturated carbocycles. The molecule has 1 aromatic rings. The number of piperidine rings is 1. The number of rotatable bonds is 3. The first-order chi connectivity index (χ1) is 16.3. The molecule has 0 radical (unpaired) electrons. The van der Waals surface area contributed by atoms with Crippen LogP contribution in [0.5, 0.6) is 11.5 Å². The number of hydrogen-bond acceptors (Lipinski definition) is 8. The minimum Gasteiger partial charge on any atom is -0.493 e. The summed E-state index contributed by atoms with van der Waals surface area (Å²) in [5, 5.41) is 12.5. The average Bonchev–Trinajstić information content (AvgIpc) is 3.38. The number of esters is 1. The summed E-state index contributed by atoms with van der Waals surface area (Å²) < 4.78 is 22.0. The number of carbonyl (C=O) groups is 2. The monoisotopic (exact) mass is 472 g/mol. The van der Waals surface area contributed by atoms with Crippen molar-refractivity contribution in [3.8, 4) is 11.5 Å². The molecule has 2 bridgehead atoms. The van der Waals surface area contributed by atoms with Crippen molar-refractivity contribution in [2.24, 2.45) is 5.41 Å². The topological polar surface area (TPSA) is 97.8 Å². The predicted octanol–water partition coefficient (Wildman–Crippen LogP) is 2.22. The van der Waals surface area contributed by atoms with Gasteiger partial charge in [-0.05, 0) is 68.7 Å². The zero-order chi connectivity index (χ0) is 24.1. The maximum Gasteiger partial charge on any atom is 0.414 e. The van der Waals surface area contributed by atoms with E-state index in [0.717, 1.165) is 37.9 Å². The van der Waals surface area contributed by atoms with Gasteiger partial charge >= 0.3 is 12.1 Å². The Hall–Kier alpha value is -2.52. The molecule has 184 valence electrons. The standard InChI is InChI=1S/C25H32N2O7/c1-31-16-7-6-15-17(18(16)32-2)27(21(29)34-4)25-10-9-22(14-24(25,30)20(28)33-3)8-5-12-26-13-11-23(15,25)19(22)26/h6-7,19,30H,5,8-14H2,1-4H3. The van der Waals surface area contributed by atoms with Gasteiger partial charge in [0.05, 0.1) is 34.1 Å². The summed E-state index contributed by atoms with van der Waals surface area (Å²) in [6.45, 7) is 1.82. The van der Waals surface area contributed by atoms with Crippen molar-refractivity contribution in [1.82, 2.24) is 4.90 Å². The number of fused-ring (bicyclic) bond motifs is 3. The zero-order valence-electron chi connectivity index (χ0n) is 20.2. The van der Waals surface area contributed by atoms with Crippen LogP contribution >= 0.6 is 0 Å². The SMILES string of the molecule is COC(=O)N1c2c(ccc(OC)c2OC)C23CCN4CCCC5(CCC12C(O)(C(=O)OC)C5)C43. The van der Waals surface area contributed by atoms with E-state index in [4.69, 9.17) is 18.9 Å². The molecule has 2 saturated heterocycles. The fourth-order valence-corrected chi connectivity index (χ4v) is 9.10. The van der Waals surface area contributed by atoms with E-state index in [2.05, 4.69) is 4.90 Å². The van der Waals surface area contributed by atoms with E-state index in [9.17, 15) is 14.7 Å². The summed E-state index contributed by atoms with van der Waals surface area (Å²) >= 11 is 0. The molecule has 1 aromatic carbocycles. The van der Waals surface area contributed by atoms with Crippen LogP contribution in [0.4, 0.5) is 10.5 Å². The van der Waals surface area contributed by atoms with E-state index in [0.29, 0.717) is 30.0 Å². The Morgan fingerprint density at radius 3 is 2.47 bits per heavy atom. The quantitative estimate of drug-likeness (QED) is 0.669. The second kappa shape index (κ2) is 6.79. The number of aliphatic hydroxyl groups is 1. The maximum absolute atomic E-state index is 13.6. The molecule has 3 aliphatic carbocycles. The average molecular weight is 473 g/mol. The Balaban J connectivity index is 1.76. The molecule has 5 fully saturated rings. The van der Waals surface area contributed by atoms with Crippen molar-refractivity contribution in [1.29, 1.82) is 0 Å². The number of ether oxygens (including phenoxy) is 4. The molecule has 0 aromatic heterocycles. The number of benzene rings is 1. The van der Waals surface area contributed by atoms with Gasteiger partial charge in [0.2, 0.25) is 0 Å². The number of anilines is 1. The summed E-state index contributed by atoms with van der Waals surface area (Å²) in [5.41, 5.74) is -2.63. The van der Waals surface area contributed by atoms with Gasteiger partial charge in [-0.15, -0.1) is 0 Å². The van der Waals surface area contributed by atoms with E-state index in [1.807, 2.05) is 12.1 Å². The minimum absolute atomic E-state index is 0.0962. The normalized spacial score (nSPS) is 39.2. The van der Waals surface area contributed by atoms with Gasteiger partial charge in [-0.1, -0.05) is 6.07 Å². The molecule has 1 N–H and O–H groups in total. The molecule has 6 aliphatic rings. The van der Waals surface area contributed by atoms with Crippen molar-refractivity contribution in [3.05, 3.63) is 17.7 Å². The summed E-state index contributed by atoms with van der Waals surface area (Å²) in [6, 6.07) is 3.95. The number of hydrogen-bond donors (Lipinski definition) is 1. The molecular weight excluding hydrogens is 440 g/mol. The van der Waals surface area contributed by atoms with Gasteiger partial charge in [0.15, 0.2) is 17.1 Å². The highest BCUT2D eigenvalue weighted by Gasteiger charge is 2.87. The first kappa shape index (κ1) is 22.0. The highest BCUT2D eigenvalue weighted by Crippen LogP contribution is 2.78. The van der Waals surface area contributed by atoms with E-state index in [1.165, 1.54) is 26.2 Å². The lowest BCUT2D eigenvalue weighted by Crippen LogP contribution is -2.86. The maximum atomic E-state index is 13.6. The Labute approximate surface area is 198 Å². The third-order valence-corrected chi connectivity index (χ3v) is 9.83. The van der Waals surface area contributed by atoms with E-state index >= 15 is 0 Å². The van der Waals surface area contributed by atoms with Crippen LogP contribution in [0, 0.1) is 5.41 Å². The highest BCUT2D eigenvalue weighted by atomic mass is 16.6. The first-order valence-corrected chi connectivity index (χ1v) is 12.0. The van der Waals surface area contributed by atoms with Crippen molar-refractivity contribution in [2.75, 3.05) is 46.4 Å². The predicted molar refractivity (Wildman–Crippen MR) is 121 cm³/mol. The second-order valence-corrected chi connectivity index (χ2v) is 10.5. The Bertz CT molecular complexity index is 1090. The van der Waals surface area contributed by atoms with Crippen molar-refractivity contribution < 1.29 is 33.6 Å². The molecule has 9 heteroatoms. The smallest absolute Gasteiger partial charge is 0.414 e. The van der Waals surface area contributed by atoms with Crippen LogP contribution in [0.2, 0.25) is 0 Å². The molecular formula is C25H32N2O7. The van der Waals surface area contributed by atoms with Crippen LogP contribution in [-0.4, -0.2) is 80.8 Å². The van der Waals surface area contributed by atoms with Gasteiger partial charge in [-0.25, -0.2) is 9.59 Å². The van der Waals surface area contributed by atoms with Crippen LogP contribution in [0.3, 0.4) is 0 Å². The lowest BCUT2D eigenvalue weighted by Gasteiger charge is -2.71. The van der Waals surface area contributed by atoms with Crippen molar-refractivity contribution >= 4 is 17.7 Å². The Morgan fingerprint density at radius 2 is 1.79 bits per heavy atom. The molecule has 9 nitrogen and oxygen atoms in total. The Morgan fingerprint density at radius 1 is 1.00 bits per heavy atom. The molecule has 5 unspecified atom stereocenters. The molecule has 34 heavy (non-hydrogen) atoms. The number of nitrogens with zero attached hydrogens (tertiary/aromatic N) is 2. The number of methoxy groups -OCH3 is 4. The summed E-state index contributed by atoms with van der Waals surface area (Å²) in [7, 11) is 5.72. The van der Waals surface area contributed by atoms with Gasteiger partial charge in [-0.2, -0.15) is 0 Å². The fourth-order valence-electron chi connectivity index (χ4n) is 9.10. The first-order valence-electron chi connectivity index (χ1n) is 12.0. The van der Waals surface area contributed by atoms with Gasteiger partial charge in [0.1, 0.15) is 5.54 Å². The fraction of sp³-hybridized carbons (Fsp3) is 0.680. The van der Waals surface area contributed by atoms with Crippen LogP contribution < -0.4 is 14.4 Å². The van der Waals surface area contributed by atoms with Crippen molar-refractivity contribution in [2.45, 2.75) is 61.1 Å². The second-order valence-electron chi connectivity index (χ2n) is 10.5. The van der Waals surface area contributed by atoms with Crippen LogP contribution in [-0.2, 0) is 19.7 Å². The Kier molecular flexibility index (Phi) is 4.39. The van der Waals surface area contributed by atoms with E-state index in [-0.39, 0.29) is 17.9 Å². The van der Waals surface area contributed by atoms with Crippen molar-refractivity contribution in [3.63, 3.8) is 0 Å². The van der Waals surface area contributed by atoms with Crippen LogP contribution in [0.15, 0.2) is 12.1 Å². The van der Waals surface area contributed by atoms with E-state index in [1.54, 1.807) is 7.11 Å². The van der Waals surface area contributed by atoms with Gasteiger partial charge in [0, 0.05) is 11.5 Å².